The van der Waals surface area contributed by atoms with Crippen molar-refractivity contribution in [2.75, 3.05) is 6.54 Å². The highest BCUT2D eigenvalue weighted by Crippen LogP contribution is 2.31. The van der Waals surface area contributed by atoms with Crippen LogP contribution in [-0.2, 0) is 0 Å². The first kappa shape index (κ1) is 16.1. The molecular weight excluding hydrogens is 308 g/mol. The zero-order valence-corrected chi connectivity index (χ0v) is 13.2. The molecule has 2 atom stereocenters. The van der Waals surface area contributed by atoms with Crippen molar-refractivity contribution < 1.29 is 4.92 Å². The Balaban J connectivity index is 2.91. The van der Waals surface area contributed by atoms with Crippen LogP contribution in [0.3, 0.4) is 0 Å². The summed E-state index contributed by atoms with van der Waals surface area (Å²) in [5.41, 5.74) is 1.23. The number of benzene rings is 1. The van der Waals surface area contributed by atoms with Gasteiger partial charge in [0.15, 0.2) is 0 Å². The highest BCUT2D eigenvalue weighted by atomic mass is 79.9. The Kier molecular flexibility index (Phi) is 6.45. The molecule has 0 amide bonds. The molecule has 106 valence electrons. The average molecular weight is 329 g/mol. The Morgan fingerprint density at radius 1 is 1.42 bits per heavy atom. The van der Waals surface area contributed by atoms with E-state index in [0.717, 1.165) is 29.4 Å². The van der Waals surface area contributed by atoms with Crippen molar-refractivity contribution >= 4 is 21.6 Å². The monoisotopic (exact) mass is 328 g/mol. The second-order valence-corrected chi connectivity index (χ2v) is 5.57. The zero-order valence-electron chi connectivity index (χ0n) is 11.6. The van der Waals surface area contributed by atoms with Crippen LogP contribution in [0.2, 0.25) is 0 Å². The van der Waals surface area contributed by atoms with Gasteiger partial charge in [-0.1, -0.05) is 42.8 Å². The van der Waals surface area contributed by atoms with Crippen molar-refractivity contribution in [1.29, 1.82) is 0 Å². The van der Waals surface area contributed by atoms with E-state index in [1.165, 1.54) is 0 Å². The van der Waals surface area contributed by atoms with E-state index in [1.54, 1.807) is 12.1 Å². The molecule has 5 heteroatoms. The van der Waals surface area contributed by atoms with Crippen LogP contribution in [0.1, 0.15) is 45.1 Å². The molecule has 19 heavy (non-hydrogen) atoms. The van der Waals surface area contributed by atoms with Gasteiger partial charge in [0.2, 0.25) is 0 Å². The average Bonchev–Trinajstić information content (AvgIpc) is 2.39. The van der Waals surface area contributed by atoms with E-state index < -0.39 is 0 Å². The quantitative estimate of drug-likeness (QED) is 0.601. The van der Waals surface area contributed by atoms with Gasteiger partial charge >= 0.3 is 0 Å². The highest BCUT2D eigenvalue weighted by molar-refractivity contribution is 9.10. The van der Waals surface area contributed by atoms with Crippen LogP contribution in [0.15, 0.2) is 22.7 Å². The van der Waals surface area contributed by atoms with Gasteiger partial charge in [-0.3, -0.25) is 10.1 Å². The molecule has 0 aliphatic carbocycles. The molecule has 0 aliphatic rings. The molecule has 2 unspecified atom stereocenters. The minimum atomic E-state index is -0.369. The molecule has 4 nitrogen and oxygen atoms in total. The van der Waals surface area contributed by atoms with Gasteiger partial charge in [0.1, 0.15) is 0 Å². The van der Waals surface area contributed by atoms with Crippen LogP contribution >= 0.6 is 15.9 Å². The summed E-state index contributed by atoms with van der Waals surface area (Å²) in [5.74, 6) is 0.312. The van der Waals surface area contributed by atoms with E-state index in [9.17, 15) is 10.1 Å². The summed E-state index contributed by atoms with van der Waals surface area (Å²) in [4.78, 5) is 10.4. The maximum atomic E-state index is 10.7. The Morgan fingerprint density at radius 3 is 2.58 bits per heavy atom. The van der Waals surface area contributed by atoms with Gasteiger partial charge in [-0.05, 0) is 30.9 Å². The number of nitrogens with zero attached hydrogens (tertiary/aromatic N) is 1. The third-order valence-corrected chi connectivity index (χ3v) is 4.07. The SMILES string of the molecule is CCCNC(CC)C(C)c1ccc([N+](=O)[O-])cc1Br. The third-order valence-electron chi connectivity index (χ3n) is 3.39. The van der Waals surface area contributed by atoms with Crippen LogP contribution in [0.5, 0.6) is 0 Å². The Bertz CT molecular complexity index is 437. The fourth-order valence-electron chi connectivity index (χ4n) is 2.22. The predicted octanol–water partition coefficient (Wildman–Crippen LogP) is 4.24. The van der Waals surface area contributed by atoms with Crippen LogP contribution < -0.4 is 5.32 Å². The van der Waals surface area contributed by atoms with Crippen LogP contribution in [0.4, 0.5) is 5.69 Å². The third kappa shape index (κ3) is 4.28. The molecule has 0 spiro atoms. The number of nitro benzene ring substituents is 1. The van der Waals surface area contributed by atoms with E-state index >= 15 is 0 Å². The first-order valence-electron chi connectivity index (χ1n) is 6.68. The summed E-state index contributed by atoms with van der Waals surface area (Å²) in [7, 11) is 0. The van der Waals surface area contributed by atoms with Crippen molar-refractivity contribution in [1.82, 2.24) is 5.32 Å². The predicted molar refractivity (Wildman–Crippen MR) is 81.6 cm³/mol. The molecule has 1 rings (SSSR count). The van der Waals surface area contributed by atoms with Crippen LogP contribution in [0, 0.1) is 10.1 Å². The number of nitrogens with one attached hydrogen (secondary N) is 1. The topological polar surface area (TPSA) is 55.2 Å². The Morgan fingerprint density at radius 2 is 2.11 bits per heavy atom. The van der Waals surface area contributed by atoms with Gasteiger partial charge in [-0.2, -0.15) is 0 Å². The van der Waals surface area contributed by atoms with Crippen molar-refractivity contribution in [2.45, 2.75) is 45.6 Å². The van der Waals surface area contributed by atoms with Crippen molar-refractivity contribution in [3.8, 4) is 0 Å². The molecule has 0 aliphatic heterocycles. The highest BCUT2D eigenvalue weighted by Gasteiger charge is 2.20. The molecule has 0 bridgehead atoms. The number of hydrogen-bond donors (Lipinski definition) is 1. The zero-order chi connectivity index (χ0) is 14.4. The van der Waals surface area contributed by atoms with Gasteiger partial charge in [-0.15, -0.1) is 0 Å². The molecule has 0 aromatic heterocycles. The summed E-state index contributed by atoms with van der Waals surface area (Å²) in [6.07, 6.45) is 2.13. The molecule has 0 saturated carbocycles. The molecule has 1 aromatic carbocycles. The van der Waals surface area contributed by atoms with E-state index in [2.05, 4.69) is 42.0 Å². The van der Waals surface area contributed by atoms with Crippen molar-refractivity contribution in [3.05, 3.63) is 38.3 Å². The van der Waals surface area contributed by atoms with E-state index in [4.69, 9.17) is 0 Å². The van der Waals surface area contributed by atoms with E-state index in [-0.39, 0.29) is 10.6 Å². The van der Waals surface area contributed by atoms with E-state index in [0.29, 0.717) is 12.0 Å². The lowest BCUT2D eigenvalue weighted by molar-refractivity contribution is -0.384. The molecular formula is C14H21BrN2O2. The second kappa shape index (κ2) is 7.60. The number of non-ortho nitro benzene ring substituents is 1. The number of halogens is 1. The van der Waals surface area contributed by atoms with Gasteiger partial charge < -0.3 is 5.32 Å². The standard InChI is InChI=1S/C14H21BrN2O2/c1-4-8-16-14(5-2)10(3)12-7-6-11(17(18)19)9-13(12)15/h6-7,9-10,14,16H,4-5,8H2,1-3H3. The van der Waals surface area contributed by atoms with Gasteiger partial charge in [-0.25, -0.2) is 0 Å². The molecule has 1 aromatic rings. The van der Waals surface area contributed by atoms with Gasteiger partial charge in [0.05, 0.1) is 4.92 Å². The molecule has 1 N–H and O–H groups in total. The maximum Gasteiger partial charge on any atom is 0.270 e. The van der Waals surface area contributed by atoms with Crippen molar-refractivity contribution in [3.63, 3.8) is 0 Å². The van der Waals surface area contributed by atoms with Crippen LogP contribution in [-0.4, -0.2) is 17.5 Å². The van der Waals surface area contributed by atoms with Crippen LogP contribution in [0.25, 0.3) is 0 Å². The normalized spacial score (nSPS) is 14.1. The van der Waals surface area contributed by atoms with Gasteiger partial charge in [0, 0.05) is 22.6 Å². The number of hydrogen-bond acceptors (Lipinski definition) is 3. The number of rotatable bonds is 7. The summed E-state index contributed by atoms with van der Waals surface area (Å²) in [6.45, 7) is 7.45. The first-order valence-corrected chi connectivity index (χ1v) is 7.47. The summed E-state index contributed by atoms with van der Waals surface area (Å²) < 4.78 is 0.811. The molecule has 0 saturated heterocycles. The molecule has 0 heterocycles. The smallest absolute Gasteiger partial charge is 0.270 e. The fourth-order valence-corrected chi connectivity index (χ4v) is 2.95. The maximum absolute atomic E-state index is 10.7. The summed E-state index contributed by atoms with van der Waals surface area (Å²) in [6, 6.07) is 5.39. The Labute approximate surface area is 122 Å². The minimum absolute atomic E-state index is 0.123. The fraction of sp³-hybridized carbons (Fsp3) is 0.571. The first-order chi connectivity index (χ1) is 9.01. The van der Waals surface area contributed by atoms with Crippen molar-refractivity contribution in [2.24, 2.45) is 0 Å². The minimum Gasteiger partial charge on any atom is -0.313 e. The lowest BCUT2D eigenvalue weighted by atomic mass is 9.91. The summed E-state index contributed by atoms with van der Waals surface area (Å²) in [5, 5.41) is 14.3. The number of nitro groups is 1. The lowest BCUT2D eigenvalue weighted by Gasteiger charge is -2.25. The Hall–Kier alpha value is -0.940. The molecule has 0 radical (unpaired) electrons. The van der Waals surface area contributed by atoms with Gasteiger partial charge in [0.25, 0.3) is 5.69 Å². The molecule has 0 fully saturated rings. The second-order valence-electron chi connectivity index (χ2n) is 4.72. The van der Waals surface area contributed by atoms with E-state index in [1.807, 2.05) is 6.07 Å². The summed E-state index contributed by atoms with van der Waals surface area (Å²) >= 11 is 3.45. The largest absolute Gasteiger partial charge is 0.313 e. The lowest BCUT2D eigenvalue weighted by Crippen LogP contribution is -2.33.